The van der Waals surface area contributed by atoms with Crippen LogP contribution in [0.3, 0.4) is 0 Å². The molecule has 1 aromatic rings. The highest BCUT2D eigenvalue weighted by molar-refractivity contribution is 5.62. The molecule has 0 aromatic carbocycles. The van der Waals surface area contributed by atoms with Crippen LogP contribution in [0.5, 0.6) is 0 Å². The van der Waals surface area contributed by atoms with Crippen LogP contribution in [0.15, 0.2) is 12.3 Å². The molecule has 0 aliphatic carbocycles. The number of rotatable bonds is 4. The molecular weight excluding hydrogens is 238 g/mol. The van der Waals surface area contributed by atoms with Gasteiger partial charge < -0.3 is 16.0 Å². The van der Waals surface area contributed by atoms with Gasteiger partial charge in [-0.2, -0.15) is 5.26 Å². The second kappa shape index (κ2) is 6.39. The van der Waals surface area contributed by atoms with Crippen LogP contribution in [0, 0.1) is 17.2 Å². The average molecular weight is 259 g/mol. The van der Waals surface area contributed by atoms with Crippen LogP contribution in [0.2, 0.25) is 0 Å². The van der Waals surface area contributed by atoms with Crippen molar-refractivity contribution in [1.29, 1.82) is 5.26 Å². The van der Waals surface area contributed by atoms with Gasteiger partial charge in [-0.15, -0.1) is 0 Å². The summed E-state index contributed by atoms with van der Waals surface area (Å²) in [5.74, 6) is 1.53. The quantitative estimate of drug-likeness (QED) is 0.860. The van der Waals surface area contributed by atoms with Gasteiger partial charge in [-0.05, 0) is 37.9 Å². The van der Waals surface area contributed by atoms with Gasteiger partial charge in [0.25, 0.3) is 0 Å². The SMILES string of the molecule is CC1CCN(CCNc2ncc(C#N)cc2N)CC1. The largest absolute Gasteiger partial charge is 0.396 e. The van der Waals surface area contributed by atoms with Gasteiger partial charge in [0.1, 0.15) is 11.9 Å². The Morgan fingerprint density at radius 1 is 1.53 bits per heavy atom. The fourth-order valence-electron chi connectivity index (χ4n) is 2.31. The standard InChI is InChI=1S/C14H21N5/c1-11-2-5-19(6-3-11)7-4-17-14-13(16)8-12(9-15)10-18-14/h8,10-11H,2-7,16H2,1H3,(H,17,18). The average Bonchev–Trinajstić information content (AvgIpc) is 2.42. The number of hydrogen-bond acceptors (Lipinski definition) is 5. The minimum atomic E-state index is 0.494. The van der Waals surface area contributed by atoms with E-state index in [1.54, 1.807) is 12.3 Å². The Bertz CT molecular complexity index is 457. The second-order valence-corrected chi connectivity index (χ2v) is 5.22. The van der Waals surface area contributed by atoms with Crippen LogP contribution in [0.1, 0.15) is 25.3 Å². The van der Waals surface area contributed by atoms with Crippen molar-refractivity contribution in [2.75, 3.05) is 37.2 Å². The number of aromatic nitrogens is 1. The highest BCUT2D eigenvalue weighted by atomic mass is 15.1. The lowest BCUT2D eigenvalue weighted by molar-refractivity contribution is 0.199. The third kappa shape index (κ3) is 3.83. The molecule has 0 atom stereocenters. The van der Waals surface area contributed by atoms with Crippen LogP contribution < -0.4 is 11.1 Å². The van der Waals surface area contributed by atoms with Crippen molar-refractivity contribution in [2.24, 2.45) is 5.92 Å². The molecule has 0 radical (unpaired) electrons. The van der Waals surface area contributed by atoms with Gasteiger partial charge in [0, 0.05) is 19.3 Å². The monoisotopic (exact) mass is 259 g/mol. The van der Waals surface area contributed by atoms with E-state index in [9.17, 15) is 0 Å². The van der Waals surface area contributed by atoms with Crippen molar-refractivity contribution in [3.8, 4) is 6.07 Å². The lowest BCUT2D eigenvalue weighted by Crippen LogP contribution is -2.36. The summed E-state index contributed by atoms with van der Waals surface area (Å²) in [6.45, 7) is 6.51. The first-order valence-electron chi connectivity index (χ1n) is 6.81. The third-order valence-corrected chi connectivity index (χ3v) is 3.64. The zero-order valence-corrected chi connectivity index (χ0v) is 11.4. The van der Waals surface area contributed by atoms with E-state index in [1.807, 2.05) is 6.07 Å². The molecule has 1 aliphatic rings. The van der Waals surface area contributed by atoms with Gasteiger partial charge in [0.15, 0.2) is 0 Å². The molecule has 2 heterocycles. The maximum Gasteiger partial charge on any atom is 0.149 e. The fraction of sp³-hybridized carbons (Fsp3) is 0.571. The van der Waals surface area contributed by atoms with Gasteiger partial charge in [-0.25, -0.2) is 4.98 Å². The van der Waals surface area contributed by atoms with E-state index >= 15 is 0 Å². The number of anilines is 2. The molecule has 1 aromatic heterocycles. The molecule has 5 nitrogen and oxygen atoms in total. The van der Waals surface area contributed by atoms with Crippen molar-refractivity contribution < 1.29 is 0 Å². The van der Waals surface area contributed by atoms with Crippen LogP contribution in [0.25, 0.3) is 0 Å². The molecule has 3 N–H and O–H groups in total. The Kier molecular flexibility index (Phi) is 4.58. The van der Waals surface area contributed by atoms with Crippen molar-refractivity contribution in [1.82, 2.24) is 9.88 Å². The molecule has 5 heteroatoms. The van der Waals surface area contributed by atoms with E-state index in [0.717, 1.165) is 19.0 Å². The lowest BCUT2D eigenvalue weighted by Gasteiger charge is -2.30. The van der Waals surface area contributed by atoms with E-state index < -0.39 is 0 Å². The topological polar surface area (TPSA) is 78.0 Å². The summed E-state index contributed by atoms with van der Waals surface area (Å²) in [6, 6.07) is 3.68. The Hall–Kier alpha value is -1.80. The van der Waals surface area contributed by atoms with Gasteiger partial charge >= 0.3 is 0 Å². The van der Waals surface area contributed by atoms with Gasteiger partial charge in [0.05, 0.1) is 11.3 Å². The second-order valence-electron chi connectivity index (χ2n) is 5.22. The summed E-state index contributed by atoms with van der Waals surface area (Å²) in [5.41, 5.74) is 6.87. The van der Waals surface area contributed by atoms with Gasteiger partial charge in [0.2, 0.25) is 0 Å². The van der Waals surface area contributed by atoms with Crippen molar-refractivity contribution in [3.05, 3.63) is 17.8 Å². The normalized spacial score (nSPS) is 17.1. The highest BCUT2D eigenvalue weighted by Crippen LogP contribution is 2.17. The third-order valence-electron chi connectivity index (χ3n) is 3.64. The predicted molar refractivity (Wildman–Crippen MR) is 76.7 cm³/mol. The minimum Gasteiger partial charge on any atom is -0.396 e. The number of likely N-dealkylation sites (tertiary alicyclic amines) is 1. The zero-order valence-electron chi connectivity index (χ0n) is 11.4. The van der Waals surface area contributed by atoms with Crippen LogP contribution in [-0.2, 0) is 0 Å². The number of hydrogen-bond donors (Lipinski definition) is 2. The zero-order chi connectivity index (χ0) is 13.7. The summed E-state index contributed by atoms with van der Waals surface area (Å²) < 4.78 is 0. The number of nitrogens with one attached hydrogen (secondary N) is 1. The molecule has 1 saturated heterocycles. The molecule has 19 heavy (non-hydrogen) atoms. The van der Waals surface area contributed by atoms with Crippen molar-refractivity contribution in [2.45, 2.75) is 19.8 Å². The van der Waals surface area contributed by atoms with Crippen LogP contribution in [-0.4, -0.2) is 36.1 Å². The van der Waals surface area contributed by atoms with Crippen LogP contribution in [0.4, 0.5) is 11.5 Å². The van der Waals surface area contributed by atoms with E-state index in [4.69, 9.17) is 11.0 Å². The lowest BCUT2D eigenvalue weighted by atomic mass is 9.99. The predicted octanol–water partition coefficient (Wildman–Crippen LogP) is 1.68. The van der Waals surface area contributed by atoms with E-state index in [0.29, 0.717) is 17.1 Å². The number of nitrogen functional groups attached to an aromatic ring is 1. The van der Waals surface area contributed by atoms with Crippen LogP contribution >= 0.6 is 0 Å². The molecule has 1 aliphatic heterocycles. The maximum atomic E-state index is 8.75. The minimum absolute atomic E-state index is 0.494. The number of nitrogens with two attached hydrogens (primary N) is 1. The summed E-state index contributed by atoms with van der Waals surface area (Å²) in [6.07, 6.45) is 4.12. The van der Waals surface area contributed by atoms with E-state index in [-0.39, 0.29) is 0 Å². The number of nitrogens with zero attached hydrogens (tertiary/aromatic N) is 3. The van der Waals surface area contributed by atoms with E-state index in [1.165, 1.54) is 25.9 Å². The van der Waals surface area contributed by atoms with Crippen molar-refractivity contribution in [3.63, 3.8) is 0 Å². The first-order valence-corrected chi connectivity index (χ1v) is 6.81. The summed E-state index contributed by atoms with van der Waals surface area (Å²) in [4.78, 5) is 6.63. The summed E-state index contributed by atoms with van der Waals surface area (Å²) in [5, 5.41) is 12.0. The molecule has 0 spiro atoms. The molecule has 0 unspecified atom stereocenters. The maximum absolute atomic E-state index is 8.75. The number of nitriles is 1. The Morgan fingerprint density at radius 3 is 2.89 bits per heavy atom. The summed E-state index contributed by atoms with van der Waals surface area (Å²) >= 11 is 0. The molecule has 2 rings (SSSR count). The van der Waals surface area contributed by atoms with Crippen molar-refractivity contribution >= 4 is 11.5 Å². The first kappa shape index (κ1) is 13.6. The summed E-state index contributed by atoms with van der Waals surface area (Å²) in [7, 11) is 0. The number of piperidine rings is 1. The molecule has 0 saturated carbocycles. The molecule has 0 amide bonds. The Balaban J connectivity index is 1.78. The van der Waals surface area contributed by atoms with Gasteiger partial charge in [-0.3, -0.25) is 0 Å². The molecule has 0 bridgehead atoms. The molecule has 1 fully saturated rings. The van der Waals surface area contributed by atoms with E-state index in [2.05, 4.69) is 22.1 Å². The number of pyridine rings is 1. The first-order chi connectivity index (χ1) is 9.19. The Labute approximate surface area is 114 Å². The molecule has 102 valence electrons. The Morgan fingerprint density at radius 2 is 2.26 bits per heavy atom. The smallest absolute Gasteiger partial charge is 0.149 e. The fourth-order valence-corrected chi connectivity index (χ4v) is 2.31. The highest BCUT2D eigenvalue weighted by Gasteiger charge is 2.14. The van der Waals surface area contributed by atoms with Gasteiger partial charge in [-0.1, -0.05) is 6.92 Å². The molecular formula is C14H21N5.